The summed E-state index contributed by atoms with van der Waals surface area (Å²) in [5.41, 5.74) is -0.323. The third kappa shape index (κ3) is 6.14. The summed E-state index contributed by atoms with van der Waals surface area (Å²) in [6, 6.07) is 0. The third-order valence-electron chi connectivity index (χ3n) is 11.3. The lowest BCUT2D eigenvalue weighted by Gasteiger charge is -2.63. The molecule has 0 amide bonds. The Morgan fingerprint density at radius 2 is 1.42 bits per heavy atom. The summed E-state index contributed by atoms with van der Waals surface area (Å²) in [5.74, 6) is 2.64. The normalized spacial score (nSPS) is 44.3. The molecule has 9 nitrogen and oxygen atoms in total. The van der Waals surface area contributed by atoms with Gasteiger partial charge in [0.15, 0.2) is 0 Å². The molecule has 11 atom stereocenters. The molecular weight excluding hydrogens is 532 g/mol. The SMILES string of the molecule is CC(C)CCC[C@@H](C)[C@H]1CC[C@H]2[C@@H]3C[C@@H](O)[C@H]4C[C@H](OS(=O)(=O)O)[C@@H](OS(=O)(=O)O)C[C@]4(C)[C@H]3CC[C@]12C. The van der Waals surface area contributed by atoms with Gasteiger partial charge in [-0.25, -0.2) is 8.37 Å². The van der Waals surface area contributed by atoms with E-state index in [9.17, 15) is 31.0 Å². The van der Waals surface area contributed by atoms with E-state index < -0.39 is 44.5 Å². The van der Waals surface area contributed by atoms with Crippen molar-refractivity contribution in [3.05, 3.63) is 0 Å². The summed E-state index contributed by atoms with van der Waals surface area (Å²) in [6.07, 6.45) is 5.53. The van der Waals surface area contributed by atoms with Gasteiger partial charge in [-0.2, -0.15) is 16.8 Å². The maximum Gasteiger partial charge on any atom is 0.397 e. The van der Waals surface area contributed by atoms with Crippen LogP contribution in [0.15, 0.2) is 0 Å². The van der Waals surface area contributed by atoms with Gasteiger partial charge >= 0.3 is 20.8 Å². The number of hydrogen-bond acceptors (Lipinski definition) is 7. The van der Waals surface area contributed by atoms with Crippen LogP contribution in [0.5, 0.6) is 0 Å². The second-order valence-electron chi connectivity index (χ2n) is 13.9. The molecule has 0 spiro atoms. The second-order valence-corrected chi connectivity index (χ2v) is 16.0. The zero-order valence-electron chi connectivity index (χ0n) is 23.5. The van der Waals surface area contributed by atoms with E-state index >= 15 is 0 Å². The van der Waals surface area contributed by atoms with E-state index in [0.29, 0.717) is 30.1 Å². The standard InChI is InChI=1S/C27H48O9S2/c1-16(2)7-6-8-17(3)19-9-10-20-18-13-23(28)22-14-24(35-37(29,30)31)25(36-38(32,33)34)15-27(22,5)21(18)11-12-26(19,20)4/h16-25,28H,6-15H2,1-5H3,(H,29,30,31)(H,32,33,34)/t17-,18+,19-,20+,21+,22-,23-,24+,25+,26-,27-/m1/s1. The minimum Gasteiger partial charge on any atom is -0.393 e. The zero-order valence-corrected chi connectivity index (χ0v) is 25.1. The highest BCUT2D eigenvalue weighted by molar-refractivity contribution is 7.81. The van der Waals surface area contributed by atoms with E-state index in [-0.39, 0.29) is 36.0 Å². The lowest BCUT2D eigenvalue weighted by Crippen LogP contribution is -2.61. The van der Waals surface area contributed by atoms with Crippen LogP contribution in [0.2, 0.25) is 0 Å². The Kier molecular flexibility index (Phi) is 8.74. The fraction of sp³-hybridized carbons (Fsp3) is 1.00. The van der Waals surface area contributed by atoms with Crippen LogP contribution in [-0.2, 0) is 29.2 Å². The summed E-state index contributed by atoms with van der Waals surface area (Å²) >= 11 is 0. The lowest BCUT2D eigenvalue weighted by molar-refractivity contribution is -0.189. The molecule has 0 aromatic rings. The molecule has 0 heterocycles. The smallest absolute Gasteiger partial charge is 0.393 e. The molecular formula is C27H48O9S2. The van der Waals surface area contributed by atoms with Gasteiger partial charge in [-0.3, -0.25) is 9.11 Å². The summed E-state index contributed by atoms with van der Waals surface area (Å²) in [6.45, 7) is 11.5. The van der Waals surface area contributed by atoms with Crippen LogP contribution in [-0.4, -0.2) is 49.4 Å². The van der Waals surface area contributed by atoms with Crippen LogP contribution < -0.4 is 0 Å². The molecule has 222 valence electrons. The molecule has 4 saturated carbocycles. The van der Waals surface area contributed by atoms with Crippen molar-refractivity contribution in [2.45, 2.75) is 117 Å². The average Bonchev–Trinajstić information content (AvgIpc) is 3.10. The molecule has 0 aliphatic heterocycles. The fourth-order valence-electron chi connectivity index (χ4n) is 9.82. The molecule has 0 aromatic heterocycles. The van der Waals surface area contributed by atoms with Crippen molar-refractivity contribution in [2.75, 3.05) is 0 Å². The Balaban J connectivity index is 1.57. The van der Waals surface area contributed by atoms with Gasteiger partial charge in [0.05, 0.1) is 6.10 Å². The first-order valence-electron chi connectivity index (χ1n) is 14.4. The fourth-order valence-corrected chi connectivity index (χ4v) is 10.8. The van der Waals surface area contributed by atoms with Crippen LogP contribution >= 0.6 is 0 Å². The maximum absolute atomic E-state index is 11.6. The van der Waals surface area contributed by atoms with Crippen molar-refractivity contribution in [3.8, 4) is 0 Å². The largest absolute Gasteiger partial charge is 0.397 e. The highest BCUT2D eigenvalue weighted by Gasteiger charge is 2.64. The highest BCUT2D eigenvalue weighted by atomic mass is 32.3. The van der Waals surface area contributed by atoms with Crippen LogP contribution in [0.4, 0.5) is 0 Å². The first-order valence-corrected chi connectivity index (χ1v) is 17.2. The zero-order chi connectivity index (χ0) is 28.3. The minimum atomic E-state index is -4.89. The van der Waals surface area contributed by atoms with Crippen molar-refractivity contribution >= 4 is 20.8 Å². The molecule has 4 aliphatic carbocycles. The van der Waals surface area contributed by atoms with Crippen molar-refractivity contribution in [1.29, 1.82) is 0 Å². The first kappa shape index (κ1) is 30.7. The molecule has 0 radical (unpaired) electrons. The van der Waals surface area contributed by atoms with Gasteiger partial charge in [0.1, 0.15) is 12.2 Å². The van der Waals surface area contributed by atoms with Crippen LogP contribution in [0, 0.1) is 52.3 Å². The Morgan fingerprint density at radius 3 is 2.03 bits per heavy atom. The molecule has 0 saturated heterocycles. The quantitative estimate of drug-likeness (QED) is 0.318. The van der Waals surface area contributed by atoms with E-state index in [1.165, 1.54) is 25.7 Å². The van der Waals surface area contributed by atoms with E-state index in [1.54, 1.807) is 0 Å². The van der Waals surface area contributed by atoms with Crippen LogP contribution in [0.1, 0.15) is 98.8 Å². The van der Waals surface area contributed by atoms with E-state index in [4.69, 9.17) is 8.37 Å². The van der Waals surface area contributed by atoms with E-state index in [1.807, 2.05) is 6.92 Å². The molecule has 0 aromatic carbocycles. The van der Waals surface area contributed by atoms with Gasteiger partial charge in [0.2, 0.25) is 0 Å². The summed E-state index contributed by atoms with van der Waals surface area (Å²) in [4.78, 5) is 0. The number of hydrogen-bond donors (Lipinski definition) is 3. The van der Waals surface area contributed by atoms with Gasteiger partial charge in [0, 0.05) is 0 Å². The number of rotatable bonds is 9. The van der Waals surface area contributed by atoms with Gasteiger partial charge in [-0.15, -0.1) is 0 Å². The monoisotopic (exact) mass is 580 g/mol. The summed E-state index contributed by atoms with van der Waals surface area (Å²) in [7, 11) is -9.79. The Hall–Kier alpha value is -0.300. The van der Waals surface area contributed by atoms with E-state index in [0.717, 1.165) is 19.3 Å². The van der Waals surface area contributed by atoms with Crippen LogP contribution in [0.3, 0.4) is 0 Å². The molecule has 4 fully saturated rings. The van der Waals surface area contributed by atoms with Crippen molar-refractivity contribution in [1.82, 2.24) is 0 Å². The Bertz CT molecular complexity index is 1060. The van der Waals surface area contributed by atoms with Crippen molar-refractivity contribution < 1.29 is 39.4 Å². The third-order valence-corrected chi connectivity index (χ3v) is 12.3. The topological polar surface area (TPSA) is 147 Å². The lowest BCUT2D eigenvalue weighted by atomic mass is 9.43. The number of aliphatic hydroxyl groups is 1. The Labute approximate surface area is 229 Å². The molecule has 38 heavy (non-hydrogen) atoms. The number of aliphatic hydroxyl groups excluding tert-OH is 1. The first-order chi connectivity index (χ1) is 17.4. The minimum absolute atomic E-state index is 0.0122. The second kappa shape index (κ2) is 10.8. The molecule has 4 aliphatic rings. The highest BCUT2D eigenvalue weighted by Crippen LogP contribution is 2.68. The summed E-state index contributed by atoms with van der Waals surface area (Å²) < 4.78 is 74.7. The molecule has 0 bridgehead atoms. The van der Waals surface area contributed by atoms with Gasteiger partial charge in [-0.05, 0) is 97.2 Å². The molecule has 4 rings (SSSR count). The van der Waals surface area contributed by atoms with Gasteiger partial charge < -0.3 is 5.11 Å². The van der Waals surface area contributed by atoms with E-state index in [2.05, 4.69) is 27.7 Å². The van der Waals surface area contributed by atoms with Crippen LogP contribution in [0.25, 0.3) is 0 Å². The average molecular weight is 581 g/mol. The maximum atomic E-state index is 11.6. The molecule has 0 unspecified atom stereocenters. The predicted molar refractivity (Wildman–Crippen MR) is 143 cm³/mol. The number of fused-ring (bicyclic) bond motifs is 5. The van der Waals surface area contributed by atoms with Crippen molar-refractivity contribution in [3.63, 3.8) is 0 Å². The molecule has 3 N–H and O–H groups in total. The predicted octanol–water partition coefficient (Wildman–Crippen LogP) is 5.06. The molecule has 11 heteroatoms. The van der Waals surface area contributed by atoms with Gasteiger partial charge in [-0.1, -0.05) is 53.9 Å². The Morgan fingerprint density at radius 1 is 0.816 bits per heavy atom. The van der Waals surface area contributed by atoms with Gasteiger partial charge in [0.25, 0.3) is 0 Å². The van der Waals surface area contributed by atoms with Crippen molar-refractivity contribution in [2.24, 2.45) is 52.3 Å². The summed E-state index contributed by atoms with van der Waals surface area (Å²) in [5, 5.41) is 11.4.